The lowest BCUT2D eigenvalue weighted by atomic mass is 9.58. The number of hydrogen-bond donors (Lipinski definition) is 1. The van der Waals surface area contributed by atoms with E-state index < -0.39 is 0 Å². The smallest absolute Gasteiger partial charge is 0.125 e. The average molecular weight is 287 g/mol. The van der Waals surface area contributed by atoms with Gasteiger partial charge < -0.3 is 10.5 Å². The van der Waals surface area contributed by atoms with Crippen LogP contribution in [0.15, 0.2) is 12.1 Å². The lowest BCUT2D eigenvalue weighted by Crippen LogP contribution is -2.63. The van der Waals surface area contributed by atoms with Gasteiger partial charge in [-0.3, -0.25) is 0 Å². The summed E-state index contributed by atoms with van der Waals surface area (Å²) in [6.45, 7) is 6.49. The Morgan fingerprint density at radius 1 is 1.00 bits per heavy atom. The van der Waals surface area contributed by atoms with Gasteiger partial charge in [0, 0.05) is 17.9 Å². The second-order valence-electron chi connectivity index (χ2n) is 7.25. The molecule has 2 saturated carbocycles. The molecule has 2 heteroatoms. The molecule has 2 nitrogen and oxygen atoms in total. The van der Waals surface area contributed by atoms with Gasteiger partial charge in [0.1, 0.15) is 11.9 Å². The first-order chi connectivity index (χ1) is 10.0. The maximum atomic E-state index is 6.53. The molecule has 3 rings (SSSR count). The highest BCUT2D eigenvalue weighted by Crippen LogP contribution is 2.52. The van der Waals surface area contributed by atoms with Crippen LogP contribution in [-0.2, 0) is 0 Å². The van der Waals surface area contributed by atoms with E-state index in [1.54, 1.807) is 0 Å². The summed E-state index contributed by atoms with van der Waals surface area (Å²) in [4.78, 5) is 0. The molecule has 2 atom stereocenters. The van der Waals surface area contributed by atoms with Gasteiger partial charge in [-0.25, -0.2) is 0 Å². The molecular weight excluding hydrogens is 258 g/mol. The van der Waals surface area contributed by atoms with Crippen LogP contribution in [0.4, 0.5) is 0 Å². The van der Waals surface area contributed by atoms with Gasteiger partial charge in [0.05, 0.1) is 0 Å². The summed E-state index contributed by atoms with van der Waals surface area (Å²) in [7, 11) is 0. The minimum Gasteiger partial charge on any atom is -0.489 e. The topological polar surface area (TPSA) is 35.2 Å². The lowest BCUT2D eigenvalue weighted by Gasteiger charge is -2.54. The van der Waals surface area contributed by atoms with Crippen molar-refractivity contribution in [1.29, 1.82) is 0 Å². The largest absolute Gasteiger partial charge is 0.489 e. The van der Waals surface area contributed by atoms with E-state index in [9.17, 15) is 0 Å². The Morgan fingerprint density at radius 3 is 2.24 bits per heavy atom. The van der Waals surface area contributed by atoms with Crippen molar-refractivity contribution < 1.29 is 4.74 Å². The van der Waals surface area contributed by atoms with Crippen LogP contribution in [0.2, 0.25) is 0 Å². The predicted molar refractivity (Wildman–Crippen MR) is 87.8 cm³/mol. The first-order valence-corrected chi connectivity index (χ1v) is 8.53. The third-order valence-electron chi connectivity index (χ3n) is 6.02. The maximum absolute atomic E-state index is 6.53. The van der Waals surface area contributed by atoms with Crippen LogP contribution in [0.25, 0.3) is 0 Å². The molecule has 0 aliphatic heterocycles. The normalized spacial score (nSPS) is 28.0. The van der Waals surface area contributed by atoms with E-state index in [1.807, 2.05) is 0 Å². The Kier molecular flexibility index (Phi) is 4.00. The lowest BCUT2D eigenvalue weighted by molar-refractivity contribution is -0.0776. The number of nitrogens with two attached hydrogens (primary N) is 1. The Bertz CT molecular complexity index is 515. The second-order valence-corrected chi connectivity index (χ2v) is 7.25. The van der Waals surface area contributed by atoms with Crippen molar-refractivity contribution in [3.63, 3.8) is 0 Å². The third-order valence-corrected chi connectivity index (χ3v) is 6.02. The summed E-state index contributed by atoms with van der Waals surface area (Å²) < 4.78 is 6.53. The van der Waals surface area contributed by atoms with Crippen LogP contribution in [0.5, 0.6) is 5.75 Å². The van der Waals surface area contributed by atoms with Crippen LogP contribution < -0.4 is 10.5 Å². The first kappa shape index (κ1) is 14.9. The van der Waals surface area contributed by atoms with Crippen molar-refractivity contribution in [2.45, 2.75) is 77.9 Å². The summed E-state index contributed by atoms with van der Waals surface area (Å²) in [5.41, 5.74) is 10.5. The van der Waals surface area contributed by atoms with Gasteiger partial charge in [0.15, 0.2) is 0 Å². The molecule has 2 fully saturated rings. The van der Waals surface area contributed by atoms with Crippen LogP contribution in [-0.4, -0.2) is 12.1 Å². The molecule has 2 N–H and O–H groups in total. The summed E-state index contributed by atoms with van der Waals surface area (Å²) >= 11 is 0. The zero-order valence-electron chi connectivity index (χ0n) is 13.7. The van der Waals surface area contributed by atoms with Crippen molar-refractivity contribution in [3.05, 3.63) is 28.8 Å². The molecule has 0 saturated heterocycles. The van der Waals surface area contributed by atoms with Gasteiger partial charge >= 0.3 is 0 Å². The fourth-order valence-corrected chi connectivity index (χ4v) is 4.27. The molecule has 21 heavy (non-hydrogen) atoms. The minimum atomic E-state index is 0.249. The van der Waals surface area contributed by atoms with Crippen LogP contribution >= 0.6 is 0 Å². The predicted octanol–water partition coefficient (Wildman–Crippen LogP) is 4.43. The average Bonchev–Trinajstić information content (AvgIpc) is 2.74. The Labute approximate surface area is 129 Å². The van der Waals surface area contributed by atoms with E-state index >= 15 is 0 Å². The standard InChI is InChI=1S/C19H29NO/c1-13-8-9-14(2)18(15(13)3)21-17-12-16(20)19(17)10-6-4-5-7-11-19/h8-9,16-17H,4-7,10-12,20H2,1-3H3. The summed E-state index contributed by atoms with van der Waals surface area (Å²) in [5, 5.41) is 0. The van der Waals surface area contributed by atoms with E-state index in [-0.39, 0.29) is 5.41 Å². The number of aryl methyl sites for hydroxylation is 2. The summed E-state index contributed by atoms with van der Waals surface area (Å²) in [6, 6.07) is 4.70. The van der Waals surface area contributed by atoms with Crippen molar-refractivity contribution in [2.75, 3.05) is 0 Å². The molecule has 1 aromatic rings. The van der Waals surface area contributed by atoms with Gasteiger partial charge in [-0.05, 0) is 50.3 Å². The summed E-state index contributed by atoms with van der Waals surface area (Å²) in [5.74, 6) is 1.11. The molecule has 0 amide bonds. The van der Waals surface area contributed by atoms with Gasteiger partial charge in [-0.15, -0.1) is 0 Å². The van der Waals surface area contributed by atoms with Crippen LogP contribution in [0, 0.1) is 26.2 Å². The highest BCUT2D eigenvalue weighted by molar-refractivity contribution is 5.45. The van der Waals surface area contributed by atoms with E-state index in [4.69, 9.17) is 10.5 Å². The second kappa shape index (κ2) is 5.64. The van der Waals surface area contributed by atoms with Crippen LogP contribution in [0.3, 0.4) is 0 Å². The number of ether oxygens (including phenoxy) is 1. The molecule has 0 bridgehead atoms. The molecule has 2 aliphatic carbocycles. The zero-order valence-corrected chi connectivity index (χ0v) is 13.7. The van der Waals surface area contributed by atoms with Crippen molar-refractivity contribution in [2.24, 2.45) is 11.1 Å². The van der Waals surface area contributed by atoms with Crippen LogP contribution in [0.1, 0.15) is 61.6 Å². The Morgan fingerprint density at radius 2 is 1.62 bits per heavy atom. The Balaban J connectivity index is 1.83. The Hall–Kier alpha value is -1.02. The van der Waals surface area contributed by atoms with Gasteiger partial charge in [0.25, 0.3) is 0 Å². The molecule has 116 valence electrons. The van der Waals surface area contributed by atoms with Crippen molar-refractivity contribution in [1.82, 2.24) is 0 Å². The quantitative estimate of drug-likeness (QED) is 0.873. The van der Waals surface area contributed by atoms with Gasteiger partial charge in [-0.2, -0.15) is 0 Å². The van der Waals surface area contributed by atoms with Gasteiger partial charge in [0.2, 0.25) is 0 Å². The minimum absolute atomic E-state index is 0.249. The molecular formula is C19H29NO. The molecule has 2 aliphatic rings. The molecule has 0 aromatic heterocycles. The number of benzene rings is 1. The van der Waals surface area contributed by atoms with Gasteiger partial charge in [-0.1, -0.05) is 37.8 Å². The summed E-state index contributed by atoms with van der Waals surface area (Å²) in [6.07, 6.45) is 9.22. The molecule has 2 unspecified atom stereocenters. The highest BCUT2D eigenvalue weighted by Gasteiger charge is 2.54. The molecule has 0 heterocycles. The zero-order chi connectivity index (χ0) is 15.0. The van der Waals surface area contributed by atoms with E-state index in [0.717, 1.165) is 12.2 Å². The SMILES string of the molecule is Cc1ccc(C)c(OC2CC(N)C23CCCCCC3)c1C. The van der Waals surface area contributed by atoms with E-state index in [2.05, 4.69) is 32.9 Å². The first-order valence-electron chi connectivity index (χ1n) is 8.53. The monoisotopic (exact) mass is 287 g/mol. The highest BCUT2D eigenvalue weighted by atomic mass is 16.5. The van der Waals surface area contributed by atoms with Crippen molar-refractivity contribution >= 4 is 0 Å². The van der Waals surface area contributed by atoms with E-state index in [0.29, 0.717) is 12.1 Å². The number of rotatable bonds is 2. The van der Waals surface area contributed by atoms with E-state index in [1.165, 1.54) is 55.2 Å². The third kappa shape index (κ3) is 2.48. The maximum Gasteiger partial charge on any atom is 0.125 e. The fourth-order valence-electron chi connectivity index (χ4n) is 4.27. The fraction of sp³-hybridized carbons (Fsp3) is 0.684. The molecule has 1 aromatic carbocycles. The van der Waals surface area contributed by atoms with Crippen molar-refractivity contribution in [3.8, 4) is 5.75 Å². The number of hydrogen-bond acceptors (Lipinski definition) is 2. The molecule has 0 radical (unpaired) electrons. The molecule has 1 spiro atoms.